The first kappa shape index (κ1) is 6.64. The van der Waals surface area contributed by atoms with Crippen LogP contribution in [0.4, 0.5) is 5.00 Å². The van der Waals surface area contributed by atoms with Gasteiger partial charge < -0.3 is 5.73 Å². The van der Waals surface area contributed by atoms with Gasteiger partial charge in [0.25, 0.3) is 0 Å². The van der Waals surface area contributed by atoms with Crippen LogP contribution in [0.25, 0.3) is 0 Å². The summed E-state index contributed by atoms with van der Waals surface area (Å²) in [5.74, 6) is 0. The van der Waals surface area contributed by atoms with E-state index in [1.165, 1.54) is 23.3 Å². The molecule has 0 aromatic carbocycles. The lowest BCUT2D eigenvalue weighted by Gasteiger charge is -1.88. The fourth-order valence-corrected chi connectivity index (χ4v) is 1.69. The van der Waals surface area contributed by atoms with Crippen LogP contribution in [0.5, 0.6) is 0 Å². The predicted molar refractivity (Wildman–Crippen MR) is 44.1 cm³/mol. The molecule has 0 spiro atoms. The number of nitrogen functional groups attached to an aromatic ring is 1. The van der Waals surface area contributed by atoms with Crippen molar-refractivity contribution in [3.8, 4) is 0 Å². The molecule has 0 aliphatic heterocycles. The van der Waals surface area contributed by atoms with Gasteiger partial charge in [0.2, 0.25) is 0 Å². The minimum atomic E-state index is 0.812. The van der Waals surface area contributed by atoms with E-state index >= 15 is 0 Å². The SMILES string of the molecule is C=NSc1ccsc1N. The predicted octanol–water partition coefficient (Wildman–Crippen LogP) is 2.04. The van der Waals surface area contributed by atoms with Crippen LogP contribution < -0.4 is 5.73 Å². The molecule has 1 aromatic rings. The maximum Gasteiger partial charge on any atom is 0.101 e. The van der Waals surface area contributed by atoms with Crippen molar-refractivity contribution in [1.82, 2.24) is 0 Å². The Morgan fingerprint density at radius 2 is 2.56 bits per heavy atom. The monoisotopic (exact) mass is 158 g/mol. The molecular formula is C5H6N2S2. The van der Waals surface area contributed by atoms with E-state index in [0.29, 0.717) is 0 Å². The number of rotatable bonds is 2. The first-order valence-corrected chi connectivity index (χ1v) is 3.96. The van der Waals surface area contributed by atoms with Gasteiger partial charge in [-0.2, -0.15) is 0 Å². The summed E-state index contributed by atoms with van der Waals surface area (Å²) in [5, 5.41) is 2.75. The highest BCUT2D eigenvalue weighted by atomic mass is 32.2. The van der Waals surface area contributed by atoms with Gasteiger partial charge in [0.05, 0.1) is 4.90 Å². The lowest BCUT2D eigenvalue weighted by molar-refractivity contribution is 1.58. The van der Waals surface area contributed by atoms with Gasteiger partial charge in [-0.15, -0.1) is 11.3 Å². The Hall–Kier alpha value is -0.480. The Morgan fingerprint density at radius 3 is 3.00 bits per heavy atom. The largest absolute Gasteiger partial charge is 0.390 e. The molecule has 0 aliphatic rings. The second kappa shape index (κ2) is 2.89. The molecule has 2 N–H and O–H groups in total. The molecule has 48 valence electrons. The minimum Gasteiger partial charge on any atom is -0.390 e. The third-order valence-electron chi connectivity index (χ3n) is 0.820. The molecule has 9 heavy (non-hydrogen) atoms. The quantitative estimate of drug-likeness (QED) is 0.528. The summed E-state index contributed by atoms with van der Waals surface area (Å²) in [5.41, 5.74) is 5.54. The maximum absolute atomic E-state index is 5.54. The second-order valence-electron chi connectivity index (χ2n) is 1.37. The highest BCUT2D eigenvalue weighted by molar-refractivity contribution is 7.98. The molecule has 2 nitrogen and oxygen atoms in total. The lowest BCUT2D eigenvalue weighted by atomic mass is 10.6. The van der Waals surface area contributed by atoms with Gasteiger partial charge in [-0.3, -0.25) is 0 Å². The van der Waals surface area contributed by atoms with Crippen LogP contribution in [-0.4, -0.2) is 6.72 Å². The fraction of sp³-hybridized carbons (Fsp3) is 0. The topological polar surface area (TPSA) is 38.4 Å². The van der Waals surface area contributed by atoms with Crippen molar-refractivity contribution < 1.29 is 0 Å². The summed E-state index contributed by atoms with van der Waals surface area (Å²) >= 11 is 2.82. The van der Waals surface area contributed by atoms with Gasteiger partial charge >= 0.3 is 0 Å². The smallest absolute Gasteiger partial charge is 0.101 e. The van der Waals surface area contributed by atoms with E-state index in [-0.39, 0.29) is 0 Å². The van der Waals surface area contributed by atoms with Gasteiger partial charge in [0.15, 0.2) is 0 Å². The van der Waals surface area contributed by atoms with Gasteiger partial charge in [0.1, 0.15) is 5.00 Å². The number of nitrogens with two attached hydrogens (primary N) is 1. The molecule has 0 saturated carbocycles. The summed E-state index contributed by atoms with van der Waals surface area (Å²) < 4.78 is 3.63. The highest BCUT2D eigenvalue weighted by Gasteiger charge is 1.96. The average molecular weight is 158 g/mol. The molecule has 0 aliphatic carbocycles. The van der Waals surface area contributed by atoms with Crippen molar-refractivity contribution >= 4 is 35.0 Å². The number of hydrogen-bond donors (Lipinski definition) is 1. The molecule has 1 aromatic heterocycles. The molecule has 0 unspecified atom stereocenters. The first-order valence-electron chi connectivity index (χ1n) is 2.30. The zero-order valence-corrected chi connectivity index (χ0v) is 6.34. The Morgan fingerprint density at radius 1 is 1.78 bits per heavy atom. The van der Waals surface area contributed by atoms with Crippen molar-refractivity contribution in [1.29, 1.82) is 0 Å². The summed E-state index contributed by atoms with van der Waals surface area (Å²) in [6.45, 7) is 3.34. The molecule has 0 amide bonds. The molecule has 0 saturated heterocycles. The minimum absolute atomic E-state index is 0.812. The van der Waals surface area contributed by atoms with E-state index in [2.05, 4.69) is 11.1 Å². The average Bonchev–Trinajstić information content (AvgIpc) is 2.18. The summed E-state index contributed by atoms with van der Waals surface area (Å²) in [4.78, 5) is 0.995. The highest BCUT2D eigenvalue weighted by Crippen LogP contribution is 2.29. The lowest BCUT2D eigenvalue weighted by Crippen LogP contribution is -1.78. The van der Waals surface area contributed by atoms with Crippen molar-refractivity contribution in [3.05, 3.63) is 11.4 Å². The van der Waals surface area contributed by atoms with Gasteiger partial charge in [-0.05, 0) is 18.2 Å². The van der Waals surface area contributed by atoms with Crippen LogP contribution >= 0.6 is 23.3 Å². The van der Waals surface area contributed by atoms with Crippen LogP contribution in [0.2, 0.25) is 0 Å². The summed E-state index contributed by atoms with van der Waals surface area (Å²) in [6, 6.07) is 1.93. The van der Waals surface area contributed by atoms with Crippen LogP contribution in [-0.2, 0) is 0 Å². The van der Waals surface area contributed by atoms with Crippen molar-refractivity contribution in [2.24, 2.45) is 4.40 Å². The third-order valence-corrected chi connectivity index (χ3v) is 2.38. The van der Waals surface area contributed by atoms with E-state index < -0.39 is 0 Å². The van der Waals surface area contributed by atoms with Gasteiger partial charge in [-0.25, -0.2) is 4.40 Å². The normalized spacial score (nSPS) is 9.33. The summed E-state index contributed by atoms with van der Waals surface area (Å²) in [7, 11) is 0. The Bertz CT molecular complexity index is 206. The molecule has 0 radical (unpaired) electrons. The van der Waals surface area contributed by atoms with Gasteiger partial charge in [-0.1, -0.05) is 0 Å². The molecule has 0 atom stereocenters. The number of thiophene rings is 1. The molecule has 0 bridgehead atoms. The fourth-order valence-electron chi connectivity index (χ4n) is 0.454. The van der Waals surface area contributed by atoms with E-state index in [1.807, 2.05) is 11.4 Å². The molecule has 0 fully saturated rings. The van der Waals surface area contributed by atoms with E-state index in [9.17, 15) is 0 Å². The number of nitrogens with zero attached hydrogens (tertiary/aromatic N) is 1. The standard InChI is InChI=1S/C5H6N2S2/c1-7-9-4-2-3-8-5(4)6/h2-3H,1,6H2. The molecule has 4 heteroatoms. The van der Waals surface area contributed by atoms with Crippen molar-refractivity contribution in [3.63, 3.8) is 0 Å². The molecule has 1 heterocycles. The van der Waals surface area contributed by atoms with Crippen LogP contribution in [0.1, 0.15) is 0 Å². The number of hydrogen-bond acceptors (Lipinski definition) is 4. The van der Waals surface area contributed by atoms with Crippen LogP contribution in [0, 0.1) is 0 Å². The van der Waals surface area contributed by atoms with Crippen molar-refractivity contribution in [2.75, 3.05) is 5.73 Å². The maximum atomic E-state index is 5.54. The molecular weight excluding hydrogens is 152 g/mol. The first-order chi connectivity index (χ1) is 4.34. The third kappa shape index (κ3) is 1.46. The van der Waals surface area contributed by atoms with E-state index in [0.717, 1.165) is 9.90 Å². The van der Waals surface area contributed by atoms with Gasteiger partial charge in [0, 0.05) is 11.9 Å². The van der Waals surface area contributed by atoms with Crippen LogP contribution in [0.3, 0.4) is 0 Å². The number of anilines is 1. The van der Waals surface area contributed by atoms with Crippen molar-refractivity contribution in [2.45, 2.75) is 4.90 Å². The van der Waals surface area contributed by atoms with E-state index in [1.54, 1.807) is 0 Å². The Kier molecular flexibility index (Phi) is 2.13. The second-order valence-corrected chi connectivity index (χ2v) is 3.20. The van der Waals surface area contributed by atoms with Crippen LogP contribution in [0.15, 0.2) is 20.7 Å². The Labute approximate surface area is 61.9 Å². The molecule has 1 rings (SSSR count). The zero-order valence-electron chi connectivity index (χ0n) is 4.70. The summed E-state index contributed by atoms with van der Waals surface area (Å²) in [6.07, 6.45) is 0. The zero-order chi connectivity index (χ0) is 6.69. The Balaban J connectivity index is 2.80. The van der Waals surface area contributed by atoms with E-state index in [4.69, 9.17) is 5.73 Å².